The van der Waals surface area contributed by atoms with Crippen LogP contribution in [-0.2, 0) is 9.47 Å². The van der Waals surface area contributed by atoms with E-state index >= 15 is 0 Å². The molecule has 3 atom stereocenters. The second-order valence-electron chi connectivity index (χ2n) is 5.03. The van der Waals surface area contributed by atoms with Crippen LogP contribution in [-0.4, -0.2) is 44.2 Å². The van der Waals surface area contributed by atoms with E-state index in [1.54, 1.807) is 25.3 Å². The molecule has 120 valence electrons. The Hall–Kier alpha value is -0.850. The predicted octanol–water partition coefficient (Wildman–Crippen LogP) is 2.15. The van der Waals surface area contributed by atoms with Crippen LogP contribution in [0.15, 0.2) is 18.2 Å². The molecule has 0 aliphatic heterocycles. The average Bonchev–Trinajstić information content (AvgIpc) is 2.44. The number of methoxy groups -OCH3 is 1. The quantitative estimate of drug-likeness (QED) is 0.730. The average molecular weight is 318 g/mol. The number of aliphatic hydroxyl groups excluding tert-OH is 1. The molecule has 0 aromatic heterocycles. The Kier molecular flexibility index (Phi) is 8.00. The third kappa shape index (κ3) is 6.63. The first-order chi connectivity index (χ1) is 9.93. The summed E-state index contributed by atoms with van der Waals surface area (Å²) < 4.78 is 16.0. The maximum absolute atomic E-state index is 9.86. The summed E-state index contributed by atoms with van der Waals surface area (Å²) in [4.78, 5) is 0. The minimum Gasteiger partial charge on any atom is -0.490 e. The molecule has 6 heteroatoms. The Morgan fingerprint density at radius 3 is 2.57 bits per heavy atom. The lowest BCUT2D eigenvalue weighted by molar-refractivity contribution is -0.0423. The molecule has 0 spiro atoms. The Bertz CT molecular complexity index is 428. The van der Waals surface area contributed by atoms with Gasteiger partial charge in [-0.1, -0.05) is 11.6 Å². The molecule has 5 nitrogen and oxygen atoms in total. The molecule has 3 unspecified atom stereocenters. The highest BCUT2D eigenvalue weighted by molar-refractivity contribution is 6.30. The number of nitrogens with two attached hydrogens (primary N) is 1. The SMILES string of the molecule is COCC(C)OCC(O)COc1ccc(Cl)cc1C(C)N. The fraction of sp³-hybridized carbons (Fsp3) is 0.600. The second kappa shape index (κ2) is 9.23. The van der Waals surface area contributed by atoms with E-state index in [1.165, 1.54) is 0 Å². The van der Waals surface area contributed by atoms with Gasteiger partial charge in [0.05, 0.1) is 19.3 Å². The number of rotatable bonds is 9. The van der Waals surface area contributed by atoms with Gasteiger partial charge in [-0.25, -0.2) is 0 Å². The summed E-state index contributed by atoms with van der Waals surface area (Å²) in [5.74, 6) is 0.624. The van der Waals surface area contributed by atoms with E-state index in [2.05, 4.69) is 0 Å². The maximum atomic E-state index is 9.86. The van der Waals surface area contributed by atoms with E-state index in [-0.39, 0.29) is 25.4 Å². The summed E-state index contributed by atoms with van der Waals surface area (Å²) in [6.45, 7) is 4.53. The van der Waals surface area contributed by atoms with Crippen LogP contribution in [0, 0.1) is 0 Å². The third-order valence-corrected chi connectivity index (χ3v) is 3.10. The van der Waals surface area contributed by atoms with Crippen molar-refractivity contribution in [1.29, 1.82) is 0 Å². The number of aliphatic hydroxyl groups is 1. The highest BCUT2D eigenvalue weighted by Crippen LogP contribution is 2.27. The largest absolute Gasteiger partial charge is 0.490 e. The number of hydrogen-bond donors (Lipinski definition) is 2. The Labute approximate surface area is 130 Å². The van der Waals surface area contributed by atoms with Crippen molar-refractivity contribution in [3.8, 4) is 5.75 Å². The molecule has 0 fully saturated rings. The lowest BCUT2D eigenvalue weighted by Gasteiger charge is -2.18. The van der Waals surface area contributed by atoms with Crippen LogP contribution in [0.3, 0.4) is 0 Å². The molecule has 0 heterocycles. The van der Waals surface area contributed by atoms with Gasteiger partial charge in [-0.05, 0) is 32.0 Å². The van der Waals surface area contributed by atoms with E-state index in [1.807, 2.05) is 13.8 Å². The summed E-state index contributed by atoms with van der Waals surface area (Å²) >= 11 is 5.95. The molecule has 0 bridgehead atoms. The zero-order valence-corrected chi connectivity index (χ0v) is 13.5. The van der Waals surface area contributed by atoms with Crippen LogP contribution in [0.25, 0.3) is 0 Å². The summed E-state index contributed by atoms with van der Waals surface area (Å²) in [6.07, 6.45) is -0.791. The zero-order valence-electron chi connectivity index (χ0n) is 12.7. The number of halogens is 1. The lowest BCUT2D eigenvalue weighted by Crippen LogP contribution is -2.27. The highest BCUT2D eigenvalue weighted by Gasteiger charge is 2.13. The molecular weight excluding hydrogens is 294 g/mol. The van der Waals surface area contributed by atoms with Gasteiger partial charge in [-0.15, -0.1) is 0 Å². The molecule has 21 heavy (non-hydrogen) atoms. The van der Waals surface area contributed by atoms with Gasteiger partial charge >= 0.3 is 0 Å². The third-order valence-electron chi connectivity index (χ3n) is 2.87. The van der Waals surface area contributed by atoms with E-state index in [0.29, 0.717) is 17.4 Å². The van der Waals surface area contributed by atoms with Crippen molar-refractivity contribution >= 4 is 11.6 Å². The van der Waals surface area contributed by atoms with Crippen molar-refractivity contribution < 1.29 is 19.3 Å². The van der Waals surface area contributed by atoms with Crippen molar-refractivity contribution in [2.75, 3.05) is 26.9 Å². The van der Waals surface area contributed by atoms with Crippen molar-refractivity contribution in [1.82, 2.24) is 0 Å². The van der Waals surface area contributed by atoms with Gasteiger partial charge in [0, 0.05) is 23.7 Å². The van der Waals surface area contributed by atoms with Gasteiger partial charge in [0.15, 0.2) is 0 Å². The molecule has 0 aliphatic rings. The summed E-state index contributed by atoms with van der Waals surface area (Å²) in [5, 5.41) is 10.5. The van der Waals surface area contributed by atoms with Gasteiger partial charge in [-0.2, -0.15) is 0 Å². The first-order valence-corrected chi connectivity index (χ1v) is 7.28. The van der Waals surface area contributed by atoms with Gasteiger partial charge in [0.1, 0.15) is 18.5 Å². The van der Waals surface area contributed by atoms with Crippen molar-refractivity contribution in [2.24, 2.45) is 5.73 Å². The number of hydrogen-bond acceptors (Lipinski definition) is 5. The first kappa shape index (κ1) is 18.2. The molecule has 1 aromatic rings. The summed E-state index contributed by atoms with van der Waals surface area (Å²) in [6, 6.07) is 5.05. The predicted molar refractivity (Wildman–Crippen MR) is 82.8 cm³/mol. The van der Waals surface area contributed by atoms with E-state index in [4.69, 9.17) is 31.5 Å². The molecule has 0 amide bonds. The fourth-order valence-electron chi connectivity index (χ4n) is 1.80. The number of benzene rings is 1. The Morgan fingerprint density at radius 2 is 1.95 bits per heavy atom. The molecule has 1 rings (SSSR count). The van der Waals surface area contributed by atoms with Crippen molar-refractivity contribution in [2.45, 2.75) is 32.1 Å². The highest BCUT2D eigenvalue weighted by atomic mass is 35.5. The molecule has 0 saturated carbocycles. The van der Waals surface area contributed by atoms with Crippen LogP contribution >= 0.6 is 11.6 Å². The van der Waals surface area contributed by atoms with E-state index in [0.717, 1.165) is 5.56 Å². The maximum Gasteiger partial charge on any atom is 0.124 e. The van der Waals surface area contributed by atoms with Gasteiger partial charge in [0.2, 0.25) is 0 Å². The minimum absolute atomic E-state index is 0.0696. The van der Waals surface area contributed by atoms with Crippen LogP contribution in [0.1, 0.15) is 25.5 Å². The smallest absolute Gasteiger partial charge is 0.124 e. The first-order valence-electron chi connectivity index (χ1n) is 6.90. The van der Waals surface area contributed by atoms with Crippen LogP contribution in [0.5, 0.6) is 5.75 Å². The molecule has 1 aromatic carbocycles. The minimum atomic E-state index is -0.721. The molecule has 3 N–H and O–H groups in total. The molecule has 0 radical (unpaired) electrons. The second-order valence-corrected chi connectivity index (χ2v) is 5.47. The lowest BCUT2D eigenvalue weighted by atomic mass is 10.1. The van der Waals surface area contributed by atoms with Crippen LogP contribution in [0.2, 0.25) is 5.02 Å². The van der Waals surface area contributed by atoms with Crippen molar-refractivity contribution in [3.05, 3.63) is 28.8 Å². The Balaban J connectivity index is 2.47. The fourth-order valence-corrected chi connectivity index (χ4v) is 1.98. The standard InChI is InChI=1S/C15H24ClNO4/c1-10(7-19-3)20-8-13(18)9-21-15-5-4-12(16)6-14(15)11(2)17/h4-6,10-11,13,18H,7-9,17H2,1-3H3. The molecule has 0 aliphatic carbocycles. The normalized spacial score (nSPS) is 15.5. The molecule has 0 saturated heterocycles. The zero-order chi connectivity index (χ0) is 15.8. The van der Waals surface area contributed by atoms with Gasteiger partial charge in [0.25, 0.3) is 0 Å². The van der Waals surface area contributed by atoms with E-state index < -0.39 is 6.10 Å². The van der Waals surface area contributed by atoms with E-state index in [9.17, 15) is 5.11 Å². The number of ether oxygens (including phenoxy) is 3. The van der Waals surface area contributed by atoms with Gasteiger partial charge in [-0.3, -0.25) is 0 Å². The monoisotopic (exact) mass is 317 g/mol. The Morgan fingerprint density at radius 1 is 1.24 bits per heavy atom. The van der Waals surface area contributed by atoms with Gasteiger partial charge < -0.3 is 25.1 Å². The van der Waals surface area contributed by atoms with Crippen molar-refractivity contribution in [3.63, 3.8) is 0 Å². The summed E-state index contributed by atoms with van der Waals surface area (Å²) in [5.41, 5.74) is 6.69. The van der Waals surface area contributed by atoms with Crippen LogP contribution < -0.4 is 10.5 Å². The summed E-state index contributed by atoms with van der Waals surface area (Å²) in [7, 11) is 1.61. The van der Waals surface area contributed by atoms with Crippen LogP contribution in [0.4, 0.5) is 0 Å². The topological polar surface area (TPSA) is 73.9 Å². The molecular formula is C15H24ClNO4.